The minimum absolute atomic E-state index is 0. The predicted octanol–water partition coefficient (Wildman–Crippen LogP) is 23.0. The Morgan fingerprint density at radius 3 is 1.01 bits per heavy atom. The normalized spacial score (nSPS) is 10.1. The predicted molar refractivity (Wildman–Crippen MR) is 464 cm³/mol. The number of thiazole rings is 1. The van der Waals surface area contributed by atoms with Crippen LogP contribution in [0.15, 0.2) is 340 Å². The third-order valence-corrected chi connectivity index (χ3v) is 16.9. The first kappa shape index (κ1) is 87.3. The Bertz CT molecular complexity index is 5940. The van der Waals surface area contributed by atoms with Gasteiger partial charge in [-0.05, 0) is 196 Å². The van der Waals surface area contributed by atoms with E-state index in [2.05, 4.69) is 68.3 Å². The van der Waals surface area contributed by atoms with Gasteiger partial charge in [-0.25, -0.2) is 4.98 Å². The van der Waals surface area contributed by atoms with Crippen molar-refractivity contribution >= 4 is 80.9 Å². The van der Waals surface area contributed by atoms with Crippen molar-refractivity contribution in [1.82, 2.24) is 29.9 Å². The van der Waals surface area contributed by atoms with E-state index in [0.29, 0.717) is 107 Å². The number of alkyl halides is 3. The average molecular weight is 1650 g/mol. The fraction of sp³-hybridized carbons (Fsp3) is 0.0421. The smallest absolute Gasteiger partial charge is 0.416 e. The number of amides is 5. The van der Waals surface area contributed by atoms with Crippen LogP contribution in [0.2, 0.25) is 5.02 Å². The van der Waals surface area contributed by atoms with Crippen molar-refractivity contribution in [2.45, 2.75) is 27.5 Å². The first-order valence-corrected chi connectivity index (χ1v) is 37.5. The first-order valence-electron chi connectivity index (χ1n) is 36.2. The highest BCUT2D eigenvalue weighted by Gasteiger charge is 2.32. The van der Waals surface area contributed by atoms with Crippen LogP contribution < -0.4 is 50.3 Å². The molecule has 0 aliphatic carbocycles. The molecular formula is C95H73ClF3N11O10S. The van der Waals surface area contributed by atoms with Gasteiger partial charge < -0.3 is 50.3 Å². The molecule has 21 nitrogen and oxygen atoms in total. The molecule has 5 N–H and O–H groups in total. The lowest BCUT2D eigenvalue weighted by Crippen LogP contribution is -2.13. The molecule has 15 rings (SSSR count). The number of hydrogen-bond donors (Lipinski definition) is 5. The van der Waals surface area contributed by atoms with Gasteiger partial charge in [0.15, 0.2) is 0 Å². The number of carbonyl (C=O) groups is 5. The summed E-state index contributed by atoms with van der Waals surface area (Å²) in [5, 5.41) is 15.9. The Hall–Kier alpha value is -16.1. The molecule has 0 aliphatic heterocycles. The number of terminal acetylenes is 2. The van der Waals surface area contributed by atoms with E-state index >= 15 is 0 Å². The molecule has 602 valence electrons. The largest absolute Gasteiger partial charge is 0.456 e. The standard InChI is InChI=1S/C21H13F3N2O2.C20H13ClN2O2.2C19H16N2O2.C15H11N3O2S.CH4/c1-2-14-5-3-6-15(9-14)20(27)26-17-10-16(21(22,23)24)11-19(12-17)28-18-7-4-8-25-13-18;1-2-14-5-3-6-15(9-14)20(24)23-17-10-16(21)11-19(12-17)25-18-7-4-8-22-13-18;2*1-14-5-2-6-15(11-14)19(22)21-16-7-3-8-17(12-16)23-18-9-4-10-20-13-18;19-15(14-9-21-10-17-14)18-11-3-1-4-12(7-11)20-13-5-2-6-16-8-13;/h1,3-13H,(H,26,27);1,3-13H,(H,23,24);2*2-13H,1H3,(H,21,22);1-10H,(H,18,19);1H4. The van der Waals surface area contributed by atoms with E-state index in [1.807, 2.05) is 117 Å². The Morgan fingerprint density at radius 2 is 0.669 bits per heavy atom. The number of pyridine rings is 5. The van der Waals surface area contributed by atoms with E-state index in [4.69, 9.17) is 48.1 Å². The van der Waals surface area contributed by atoms with Gasteiger partial charge in [0.2, 0.25) is 0 Å². The monoisotopic (exact) mass is 1650 g/mol. The SMILES string of the molecule is C.C#Cc1cccc(C(=O)Nc2cc(Cl)cc(Oc3cccnc3)c2)c1.C#Cc1cccc(C(=O)Nc2cc(Oc3cccnc3)cc(C(F)(F)F)c2)c1.Cc1cccc(C(=O)Nc2cccc(Oc3cccnc3)c2)c1.Cc1cccc(C(=O)Nc2cccc(Oc3cccnc3)c2)c1.O=C(Nc1cccc(Oc2cccnc2)c1)c1cscn1. The van der Waals surface area contributed by atoms with Crippen LogP contribution in [0.25, 0.3) is 0 Å². The number of aromatic nitrogens is 6. The summed E-state index contributed by atoms with van der Waals surface area (Å²) in [6, 6.07) is 75.2. The molecule has 0 saturated carbocycles. The lowest BCUT2D eigenvalue weighted by molar-refractivity contribution is -0.137. The van der Waals surface area contributed by atoms with Crippen LogP contribution in [-0.2, 0) is 6.18 Å². The third-order valence-electron chi connectivity index (χ3n) is 16.1. The van der Waals surface area contributed by atoms with Crippen LogP contribution in [-0.4, -0.2) is 59.4 Å². The quantitative estimate of drug-likeness (QED) is 0.0444. The fourth-order valence-corrected chi connectivity index (χ4v) is 11.4. The van der Waals surface area contributed by atoms with E-state index in [1.165, 1.54) is 41.9 Å². The minimum Gasteiger partial charge on any atom is -0.456 e. The number of anilines is 5. The zero-order chi connectivity index (χ0) is 84.4. The molecule has 0 spiro atoms. The van der Waals surface area contributed by atoms with Crippen LogP contribution >= 0.6 is 22.9 Å². The van der Waals surface area contributed by atoms with Crippen molar-refractivity contribution in [2.24, 2.45) is 0 Å². The Balaban J connectivity index is 0.000000159. The Morgan fingerprint density at radius 1 is 0.355 bits per heavy atom. The van der Waals surface area contributed by atoms with Crippen molar-refractivity contribution in [1.29, 1.82) is 0 Å². The van der Waals surface area contributed by atoms with Gasteiger partial charge in [-0.3, -0.25) is 48.9 Å². The number of nitrogens with one attached hydrogen (secondary N) is 5. The van der Waals surface area contributed by atoms with Crippen LogP contribution in [0.1, 0.15) is 87.2 Å². The lowest BCUT2D eigenvalue weighted by Gasteiger charge is -2.14. The second-order valence-corrected chi connectivity index (χ2v) is 26.4. The molecule has 0 aliphatic rings. The topological polar surface area (TPSA) is 269 Å². The molecule has 5 amide bonds. The van der Waals surface area contributed by atoms with E-state index in [9.17, 15) is 37.1 Å². The zero-order valence-electron chi connectivity index (χ0n) is 63.7. The highest BCUT2D eigenvalue weighted by molar-refractivity contribution is 7.07. The van der Waals surface area contributed by atoms with Crippen LogP contribution in [0, 0.1) is 38.5 Å². The highest BCUT2D eigenvalue weighted by Crippen LogP contribution is 2.37. The lowest BCUT2D eigenvalue weighted by atomic mass is 10.1. The van der Waals surface area contributed by atoms with E-state index in [0.717, 1.165) is 23.3 Å². The fourth-order valence-electron chi connectivity index (χ4n) is 10.6. The number of carbonyl (C=O) groups excluding carboxylic acids is 5. The van der Waals surface area contributed by atoms with Gasteiger partial charge in [0, 0.05) is 134 Å². The zero-order valence-corrected chi connectivity index (χ0v) is 65.2. The summed E-state index contributed by atoms with van der Waals surface area (Å²) in [5.74, 6) is 8.57. The molecule has 0 saturated heterocycles. The van der Waals surface area contributed by atoms with Crippen molar-refractivity contribution in [2.75, 3.05) is 26.6 Å². The van der Waals surface area contributed by atoms with Crippen molar-refractivity contribution < 1.29 is 60.8 Å². The summed E-state index contributed by atoms with van der Waals surface area (Å²) in [7, 11) is 0. The molecule has 0 atom stereocenters. The summed E-state index contributed by atoms with van der Waals surface area (Å²) in [5.41, 5.74) is 8.68. The van der Waals surface area contributed by atoms with Crippen LogP contribution in [0.3, 0.4) is 0 Å². The minimum atomic E-state index is -4.61. The van der Waals surface area contributed by atoms with Gasteiger partial charge in [0.05, 0.1) is 42.1 Å². The molecule has 6 aromatic heterocycles. The van der Waals surface area contributed by atoms with Gasteiger partial charge in [-0.15, -0.1) is 24.2 Å². The molecule has 26 heteroatoms. The van der Waals surface area contributed by atoms with Crippen LogP contribution in [0.5, 0.6) is 57.5 Å². The van der Waals surface area contributed by atoms with E-state index in [-0.39, 0.29) is 53.8 Å². The summed E-state index contributed by atoms with van der Waals surface area (Å²) >= 11 is 7.50. The third kappa shape index (κ3) is 28.4. The van der Waals surface area contributed by atoms with Gasteiger partial charge in [-0.1, -0.05) is 96.6 Å². The van der Waals surface area contributed by atoms with Crippen LogP contribution in [0.4, 0.5) is 41.6 Å². The maximum absolute atomic E-state index is 13.2. The van der Waals surface area contributed by atoms with Crippen molar-refractivity contribution in [3.63, 3.8) is 0 Å². The summed E-state index contributed by atoms with van der Waals surface area (Å²) in [6.07, 6.45) is 22.1. The number of benzene rings is 9. The van der Waals surface area contributed by atoms with Crippen molar-refractivity contribution in [3.8, 4) is 82.2 Å². The molecule has 0 bridgehead atoms. The summed E-state index contributed by atoms with van der Waals surface area (Å²) in [6.45, 7) is 3.91. The van der Waals surface area contributed by atoms with E-state index < -0.39 is 17.6 Å². The molecule has 6 heterocycles. The number of halogens is 4. The number of ether oxygens (including phenoxy) is 5. The molecule has 0 unspecified atom stereocenters. The molecule has 9 aromatic carbocycles. The number of rotatable bonds is 20. The maximum Gasteiger partial charge on any atom is 0.416 e. The van der Waals surface area contributed by atoms with Gasteiger partial charge in [-0.2, -0.15) is 13.2 Å². The van der Waals surface area contributed by atoms with Crippen molar-refractivity contribution in [3.05, 3.63) is 401 Å². The van der Waals surface area contributed by atoms with Gasteiger partial charge >= 0.3 is 6.18 Å². The molecular weight excluding hydrogens is 1580 g/mol. The Kier molecular flexibility index (Phi) is 31.8. The molecule has 15 aromatic rings. The second-order valence-electron chi connectivity index (χ2n) is 25.3. The summed E-state index contributed by atoms with van der Waals surface area (Å²) in [4.78, 5) is 85.1. The first-order chi connectivity index (χ1) is 58.2. The average Bonchev–Trinajstić information content (AvgIpc) is 1.30. The van der Waals surface area contributed by atoms with Gasteiger partial charge in [0.25, 0.3) is 29.5 Å². The van der Waals surface area contributed by atoms with E-state index in [1.54, 1.807) is 194 Å². The summed E-state index contributed by atoms with van der Waals surface area (Å²) < 4.78 is 68.0. The molecule has 0 radical (unpaired) electrons. The number of hydrogen-bond acceptors (Lipinski definition) is 17. The molecule has 121 heavy (non-hydrogen) atoms. The number of aryl methyl sites for hydroxylation is 2. The maximum atomic E-state index is 13.2. The van der Waals surface area contributed by atoms with Gasteiger partial charge in [0.1, 0.15) is 63.2 Å². The highest BCUT2D eigenvalue weighted by atomic mass is 35.5. The number of nitrogens with zero attached hydrogens (tertiary/aromatic N) is 6. The Labute approximate surface area is 704 Å². The second kappa shape index (κ2) is 44.1. The molecule has 0 fully saturated rings.